The van der Waals surface area contributed by atoms with Gasteiger partial charge in [-0.3, -0.25) is 4.98 Å². The van der Waals surface area contributed by atoms with Crippen molar-refractivity contribution in [1.29, 1.82) is 0 Å². The van der Waals surface area contributed by atoms with Gasteiger partial charge in [-0.25, -0.2) is 13.1 Å². The molecule has 24 heavy (non-hydrogen) atoms. The molecule has 1 aliphatic heterocycles. The highest BCUT2D eigenvalue weighted by Gasteiger charge is 2.19. The van der Waals surface area contributed by atoms with Crippen LogP contribution in [0.15, 0.2) is 41.4 Å². The first-order valence-corrected chi connectivity index (χ1v) is 9.37. The van der Waals surface area contributed by atoms with E-state index in [4.69, 9.17) is 0 Å². The molecule has 0 bridgehead atoms. The molecule has 124 valence electrons. The van der Waals surface area contributed by atoms with Crippen molar-refractivity contribution < 1.29 is 8.42 Å². The molecule has 0 aliphatic carbocycles. The Bertz CT molecular complexity index is 997. The minimum absolute atomic E-state index is 0.139. The van der Waals surface area contributed by atoms with Crippen LogP contribution in [0.5, 0.6) is 0 Å². The number of nitrogens with one attached hydrogen (secondary N) is 1. The van der Waals surface area contributed by atoms with Crippen LogP contribution in [0, 0.1) is 0 Å². The van der Waals surface area contributed by atoms with E-state index in [1.807, 2.05) is 10.6 Å². The molecule has 1 aromatic carbocycles. The summed E-state index contributed by atoms with van der Waals surface area (Å²) in [7, 11) is -3.61. The van der Waals surface area contributed by atoms with Crippen LogP contribution in [0.2, 0.25) is 0 Å². The summed E-state index contributed by atoms with van der Waals surface area (Å²) in [5, 5.41) is 9.05. The molecule has 0 spiro atoms. The number of rotatable bonds is 4. The summed E-state index contributed by atoms with van der Waals surface area (Å²) < 4.78 is 29.7. The zero-order chi connectivity index (χ0) is 16.6. The highest BCUT2D eigenvalue weighted by molar-refractivity contribution is 7.89. The van der Waals surface area contributed by atoms with Crippen molar-refractivity contribution in [3.05, 3.63) is 48.2 Å². The normalized spacial score (nSPS) is 14.7. The average molecular weight is 343 g/mol. The zero-order valence-electron chi connectivity index (χ0n) is 13.0. The molecule has 7 nitrogen and oxygen atoms in total. The summed E-state index contributed by atoms with van der Waals surface area (Å²) in [6, 6.07) is 8.54. The summed E-state index contributed by atoms with van der Waals surface area (Å²) >= 11 is 0. The fraction of sp³-hybridized carbons (Fsp3) is 0.312. The standard InChI is InChI=1S/C16H17N5O2S/c22-24(23,13-6-7-14-12(10-13)4-3-8-17-14)18-11-16-20-19-15-5-1-2-9-21(15)16/h3-4,6-8,10,18H,1-2,5,9,11H2. The monoisotopic (exact) mass is 343 g/mol. The molecule has 1 N–H and O–H groups in total. The van der Waals surface area contributed by atoms with Gasteiger partial charge in [0.15, 0.2) is 0 Å². The number of aryl methyl sites for hydroxylation is 1. The number of nitrogens with zero attached hydrogens (tertiary/aromatic N) is 4. The lowest BCUT2D eigenvalue weighted by atomic mass is 10.2. The largest absolute Gasteiger partial charge is 0.314 e. The van der Waals surface area contributed by atoms with E-state index in [1.165, 1.54) is 0 Å². The van der Waals surface area contributed by atoms with Crippen molar-refractivity contribution in [2.75, 3.05) is 0 Å². The van der Waals surface area contributed by atoms with E-state index in [1.54, 1.807) is 30.5 Å². The van der Waals surface area contributed by atoms with Gasteiger partial charge in [-0.15, -0.1) is 10.2 Å². The van der Waals surface area contributed by atoms with Crippen LogP contribution in [0.3, 0.4) is 0 Å². The summed E-state index contributed by atoms with van der Waals surface area (Å²) in [6.07, 6.45) is 4.76. The molecule has 3 heterocycles. The second-order valence-electron chi connectivity index (χ2n) is 5.82. The van der Waals surface area contributed by atoms with Gasteiger partial charge < -0.3 is 4.57 Å². The summed E-state index contributed by atoms with van der Waals surface area (Å²) in [4.78, 5) is 4.43. The van der Waals surface area contributed by atoms with Gasteiger partial charge in [-0.05, 0) is 37.1 Å². The first kappa shape index (κ1) is 15.2. The molecule has 0 radical (unpaired) electrons. The Kier molecular flexibility index (Phi) is 3.78. The van der Waals surface area contributed by atoms with Gasteiger partial charge in [-0.2, -0.15) is 0 Å². The van der Waals surface area contributed by atoms with E-state index in [0.717, 1.165) is 42.5 Å². The molecular weight excluding hydrogens is 326 g/mol. The molecular formula is C16H17N5O2S. The fourth-order valence-electron chi connectivity index (χ4n) is 2.96. The summed E-state index contributed by atoms with van der Waals surface area (Å²) in [5.74, 6) is 1.60. The van der Waals surface area contributed by atoms with Gasteiger partial charge in [0.2, 0.25) is 10.0 Å². The quantitative estimate of drug-likeness (QED) is 0.778. The molecule has 0 atom stereocenters. The van der Waals surface area contributed by atoms with E-state index in [-0.39, 0.29) is 11.4 Å². The van der Waals surface area contributed by atoms with E-state index in [2.05, 4.69) is 19.9 Å². The topological polar surface area (TPSA) is 89.8 Å². The Morgan fingerprint density at radius 1 is 1.17 bits per heavy atom. The van der Waals surface area contributed by atoms with Crippen molar-refractivity contribution in [2.45, 2.75) is 37.2 Å². The lowest BCUT2D eigenvalue weighted by molar-refractivity contribution is 0.503. The Morgan fingerprint density at radius 3 is 3.00 bits per heavy atom. The fourth-order valence-corrected chi connectivity index (χ4v) is 3.98. The molecule has 8 heteroatoms. The second kappa shape index (κ2) is 5.95. The number of fused-ring (bicyclic) bond motifs is 2. The first-order chi connectivity index (χ1) is 11.6. The minimum atomic E-state index is -3.61. The van der Waals surface area contributed by atoms with Crippen LogP contribution in [0.4, 0.5) is 0 Å². The zero-order valence-corrected chi connectivity index (χ0v) is 13.8. The van der Waals surface area contributed by atoms with Crippen LogP contribution in [-0.4, -0.2) is 28.2 Å². The smallest absolute Gasteiger partial charge is 0.240 e. The second-order valence-corrected chi connectivity index (χ2v) is 7.59. The Balaban J connectivity index is 1.57. The third kappa shape index (κ3) is 2.78. The highest BCUT2D eigenvalue weighted by atomic mass is 32.2. The predicted molar refractivity (Wildman–Crippen MR) is 88.7 cm³/mol. The third-order valence-corrected chi connectivity index (χ3v) is 5.64. The van der Waals surface area contributed by atoms with Crippen molar-refractivity contribution >= 4 is 20.9 Å². The van der Waals surface area contributed by atoms with E-state index < -0.39 is 10.0 Å². The minimum Gasteiger partial charge on any atom is -0.314 e. The number of aromatic nitrogens is 4. The maximum absolute atomic E-state index is 12.6. The van der Waals surface area contributed by atoms with Gasteiger partial charge in [0.25, 0.3) is 0 Å². The first-order valence-electron chi connectivity index (χ1n) is 7.89. The molecule has 0 fully saturated rings. The lowest BCUT2D eigenvalue weighted by Crippen LogP contribution is -2.26. The maximum atomic E-state index is 12.6. The summed E-state index contributed by atoms with van der Waals surface area (Å²) in [5.41, 5.74) is 0.767. The van der Waals surface area contributed by atoms with Crippen molar-refractivity contribution in [3.63, 3.8) is 0 Å². The van der Waals surface area contributed by atoms with E-state index >= 15 is 0 Å². The molecule has 1 aliphatic rings. The Hall–Kier alpha value is -2.32. The van der Waals surface area contributed by atoms with Crippen molar-refractivity contribution in [3.8, 4) is 0 Å². The van der Waals surface area contributed by atoms with Crippen LogP contribution in [-0.2, 0) is 29.5 Å². The van der Waals surface area contributed by atoms with Crippen molar-refractivity contribution in [1.82, 2.24) is 24.5 Å². The lowest BCUT2D eigenvalue weighted by Gasteiger charge is -2.15. The highest BCUT2D eigenvalue weighted by Crippen LogP contribution is 2.18. The number of hydrogen-bond acceptors (Lipinski definition) is 5. The van der Waals surface area contributed by atoms with Gasteiger partial charge in [0, 0.05) is 24.5 Å². The third-order valence-electron chi connectivity index (χ3n) is 4.24. The van der Waals surface area contributed by atoms with Crippen molar-refractivity contribution in [2.24, 2.45) is 0 Å². The van der Waals surface area contributed by atoms with Gasteiger partial charge in [-0.1, -0.05) is 6.07 Å². The van der Waals surface area contributed by atoms with E-state index in [9.17, 15) is 8.42 Å². The number of hydrogen-bond donors (Lipinski definition) is 1. The number of sulfonamides is 1. The van der Waals surface area contributed by atoms with Crippen LogP contribution in [0.25, 0.3) is 10.9 Å². The molecule has 4 rings (SSSR count). The number of pyridine rings is 1. The molecule has 0 saturated heterocycles. The van der Waals surface area contributed by atoms with Gasteiger partial charge in [0.1, 0.15) is 11.6 Å². The molecule has 0 amide bonds. The number of benzene rings is 1. The molecule has 0 unspecified atom stereocenters. The predicted octanol–water partition coefficient (Wildman–Crippen LogP) is 1.64. The van der Waals surface area contributed by atoms with Crippen LogP contribution < -0.4 is 4.72 Å². The molecule has 0 saturated carbocycles. The van der Waals surface area contributed by atoms with Crippen LogP contribution >= 0.6 is 0 Å². The maximum Gasteiger partial charge on any atom is 0.240 e. The van der Waals surface area contributed by atoms with E-state index in [0.29, 0.717) is 5.82 Å². The Labute approximate surface area is 139 Å². The van der Waals surface area contributed by atoms with Crippen LogP contribution in [0.1, 0.15) is 24.5 Å². The average Bonchev–Trinajstić information content (AvgIpc) is 3.03. The van der Waals surface area contributed by atoms with Gasteiger partial charge in [0.05, 0.1) is 17.0 Å². The SMILES string of the molecule is O=S(=O)(NCc1nnc2n1CCCC2)c1ccc2ncccc2c1. The van der Waals surface area contributed by atoms with Gasteiger partial charge >= 0.3 is 0 Å². The summed E-state index contributed by atoms with van der Waals surface area (Å²) in [6.45, 7) is 0.988. The molecule has 2 aromatic heterocycles. The Morgan fingerprint density at radius 2 is 2.08 bits per heavy atom. The molecule has 3 aromatic rings.